The van der Waals surface area contributed by atoms with E-state index in [9.17, 15) is 15.2 Å². The van der Waals surface area contributed by atoms with Gasteiger partial charge in [0.05, 0.1) is 16.7 Å². The molecule has 0 radical (unpaired) electrons. The Morgan fingerprint density at radius 3 is 2.62 bits per heavy atom. The molecule has 0 unspecified atom stereocenters. The maximum Gasteiger partial charge on any atom is 0.273 e. The van der Waals surface area contributed by atoms with Gasteiger partial charge in [0.15, 0.2) is 0 Å². The number of nitro groups is 1. The van der Waals surface area contributed by atoms with E-state index in [1.165, 1.54) is 24.8 Å². The van der Waals surface area contributed by atoms with Crippen molar-refractivity contribution >= 4 is 11.4 Å². The summed E-state index contributed by atoms with van der Waals surface area (Å²) in [6.07, 6.45) is 4.23. The summed E-state index contributed by atoms with van der Waals surface area (Å²) in [5, 5.41) is 28.3. The number of aliphatic hydroxyl groups is 1. The number of piperidine rings is 1. The Balaban J connectivity index is 2.01. The Kier molecular flexibility index (Phi) is 3.53. The average molecular weight is 289 g/mol. The van der Waals surface area contributed by atoms with Gasteiger partial charge in [0.1, 0.15) is 12.7 Å². The van der Waals surface area contributed by atoms with Crippen LogP contribution in [0.3, 0.4) is 0 Å². The van der Waals surface area contributed by atoms with Crippen molar-refractivity contribution in [1.82, 2.24) is 14.8 Å². The smallest absolute Gasteiger partial charge is 0.273 e. The summed E-state index contributed by atoms with van der Waals surface area (Å²) >= 11 is 0. The topological polar surface area (TPSA) is 97.3 Å². The Morgan fingerprint density at radius 1 is 1.24 bits per heavy atom. The van der Waals surface area contributed by atoms with E-state index in [0.29, 0.717) is 12.2 Å². The molecule has 2 heterocycles. The summed E-state index contributed by atoms with van der Waals surface area (Å²) in [4.78, 5) is 12.7. The van der Waals surface area contributed by atoms with Crippen molar-refractivity contribution < 1.29 is 10.0 Å². The molecule has 1 aliphatic rings. The number of aliphatic hydroxyl groups excluding tert-OH is 1. The van der Waals surface area contributed by atoms with Gasteiger partial charge in [-0.05, 0) is 18.9 Å². The quantitative estimate of drug-likeness (QED) is 0.672. The van der Waals surface area contributed by atoms with E-state index in [1.54, 1.807) is 4.57 Å². The zero-order valence-corrected chi connectivity index (χ0v) is 11.3. The highest BCUT2D eigenvalue weighted by molar-refractivity contribution is 5.60. The van der Waals surface area contributed by atoms with Gasteiger partial charge >= 0.3 is 0 Å². The minimum Gasteiger partial charge on any atom is -0.391 e. The van der Waals surface area contributed by atoms with E-state index in [1.807, 2.05) is 11.0 Å². The number of anilines is 1. The van der Waals surface area contributed by atoms with Crippen molar-refractivity contribution in [2.24, 2.45) is 0 Å². The molecule has 0 bridgehead atoms. The lowest BCUT2D eigenvalue weighted by Crippen LogP contribution is -2.38. The number of aromatic nitrogens is 3. The van der Waals surface area contributed by atoms with Crippen molar-refractivity contribution in [3.05, 3.63) is 41.0 Å². The molecule has 1 aromatic carbocycles. The van der Waals surface area contributed by atoms with E-state index in [0.717, 1.165) is 25.1 Å². The molecule has 1 aromatic heterocycles. The van der Waals surface area contributed by atoms with Gasteiger partial charge in [0.2, 0.25) is 0 Å². The second-order valence-electron chi connectivity index (χ2n) is 5.08. The zero-order chi connectivity index (χ0) is 14.8. The van der Waals surface area contributed by atoms with Crippen molar-refractivity contribution in [3.63, 3.8) is 0 Å². The first-order valence-electron chi connectivity index (χ1n) is 6.71. The third-order valence-corrected chi connectivity index (χ3v) is 3.58. The molecule has 21 heavy (non-hydrogen) atoms. The van der Waals surface area contributed by atoms with Crippen molar-refractivity contribution in [1.29, 1.82) is 0 Å². The highest BCUT2D eigenvalue weighted by atomic mass is 16.6. The molecule has 3 rings (SSSR count). The lowest BCUT2D eigenvalue weighted by Gasteiger charge is -2.32. The standard InChI is InChI=1S/C13H15N5O3/c19-13-2-1-3-16(7-13)10-4-11(17-8-14-15-9-17)6-12(5-10)18(20)21/h4-6,8-9,13,19H,1-3,7H2/t13-/m0/s1. The molecule has 0 saturated carbocycles. The molecular weight excluding hydrogens is 274 g/mol. The first kappa shape index (κ1) is 13.5. The Labute approximate surface area is 120 Å². The molecule has 1 fully saturated rings. The molecule has 0 aliphatic carbocycles. The minimum absolute atomic E-state index is 0.0104. The first-order chi connectivity index (χ1) is 10.1. The highest BCUT2D eigenvalue weighted by Crippen LogP contribution is 2.28. The molecule has 1 saturated heterocycles. The number of nitrogens with zero attached hydrogens (tertiary/aromatic N) is 5. The van der Waals surface area contributed by atoms with E-state index in [2.05, 4.69) is 10.2 Å². The van der Waals surface area contributed by atoms with Crippen LogP contribution in [-0.4, -0.2) is 44.0 Å². The van der Waals surface area contributed by atoms with Crippen LogP contribution in [0, 0.1) is 10.1 Å². The molecule has 1 atom stereocenters. The normalized spacial score (nSPS) is 18.7. The van der Waals surface area contributed by atoms with E-state index < -0.39 is 11.0 Å². The average Bonchev–Trinajstić information content (AvgIpc) is 3.01. The van der Waals surface area contributed by atoms with Crippen LogP contribution in [0.2, 0.25) is 0 Å². The van der Waals surface area contributed by atoms with Crippen LogP contribution in [0.5, 0.6) is 0 Å². The van der Waals surface area contributed by atoms with Crippen LogP contribution in [0.25, 0.3) is 5.69 Å². The van der Waals surface area contributed by atoms with Gasteiger partial charge in [0, 0.05) is 30.9 Å². The van der Waals surface area contributed by atoms with Gasteiger partial charge in [0.25, 0.3) is 5.69 Å². The second kappa shape index (κ2) is 5.49. The number of hydrogen-bond donors (Lipinski definition) is 1. The molecule has 1 N–H and O–H groups in total. The minimum atomic E-state index is -0.419. The van der Waals surface area contributed by atoms with Gasteiger partial charge in [-0.1, -0.05) is 0 Å². The highest BCUT2D eigenvalue weighted by Gasteiger charge is 2.21. The molecule has 8 heteroatoms. The van der Waals surface area contributed by atoms with Crippen LogP contribution >= 0.6 is 0 Å². The van der Waals surface area contributed by atoms with Crippen LogP contribution in [0.15, 0.2) is 30.9 Å². The van der Waals surface area contributed by atoms with Gasteiger partial charge in [-0.2, -0.15) is 0 Å². The Hall–Kier alpha value is -2.48. The van der Waals surface area contributed by atoms with Crippen LogP contribution in [0.1, 0.15) is 12.8 Å². The molecule has 8 nitrogen and oxygen atoms in total. The summed E-state index contributed by atoms with van der Waals surface area (Å²) in [6, 6.07) is 4.85. The van der Waals surface area contributed by atoms with Crippen molar-refractivity contribution in [2.75, 3.05) is 18.0 Å². The third kappa shape index (κ3) is 2.84. The number of benzene rings is 1. The maximum atomic E-state index is 11.1. The first-order valence-corrected chi connectivity index (χ1v) is 6.71. The molecule has 0 amide bonds. The summed E-state index contributed by atoms with van der Waals surface area (Å²) in [5.74, 6) is 0. The second-order valence-corrected chi connectivity index (χ2v) is 5.08. The van der Waals surface area contributed by atoms with Crippen molar-refractivity contribution in [3.8, 4) is 5.69 Å². The lowest BCUT2D eigenvalue weighted by atomic mass is 10.1. The van der Waals surface area contributed by atoms with Gasteiger partial charge < -0.3 is 10.0 Å². The third-order valence-electron chi connectivity index (χ3n) is 3.58. The summed E-state index contributed by atoms with van der Waals surface area (Å²) in [5.41, 5.74) is 1.37. The van der Waals surface area contributed by atoms with Crippen LogP contribution in [-0.2, 0) is 0 Å². The number of hydrogen-bond acceptors (Lipinski definition) is 6. The fourth-order valence-electron chi connectivity index (χ4n) is 2.54. The largest absolute Gasteiger partial charge is 0.391 e. The summed E-state index contributed by atoms with van der Waals surface area (Å²) in [6.45, 7) is 1.27. The van der Waals surface area contributed by atoms with E-state index >= 15 is 0 Å². The molecule has 110 valence electrons. The summed E-state index contributed by atoms with van der Waals surface area (Å²) < 4.78 is 1.62. The monoisotopic (exact) mass is 289 g/mol. The molecule has 2 aromatic rings. The van der Waals surface area contributed by atoms with E-state index in [-0.39, 0.29) is 5.69 Å². The molecule has 0 spiro atoms. The lowest BCUT2D eigenvalue weighted by molar-refractivity contribution is -0.384. The maximum absolute atomic E-state index is 11.1. The zero-order valence-electron chi connectivity index (χ0n) is 11.3. The summed E-state index contributed by atoms with van der Waals surface area (Å²) in [7, 11) is 0. The molecule has 1 aliphatic heterocycles. The fraction of sp³-hybridized carbons (Fsp3) is 0.385. The van der Waals surface area contributed by atoms with Gasteiger partial charge in [-0.25, -0.2) is 0 Å². The van der Waals surface area contributed by atoms with Gasteiger partial charge in [-0.3, -0.25) is 14.7 Å². The van der Waals surface area contributed by atoms with Crippen molar-refractivity contribution in [2.45, 2.75) is 18.9 Å². The van der Waals surface area contributed by atoms with Crippen LogP contribution < -0.4 is 4.90 Å². The SMILES string of the molecule is O=[N+]([O-])c1cc(N2CCC[C@H](O)C2)cc(-n2cnnc2)c1. The molecular formula is C13H15N5O3. The number of non-ortho nitro benzene ring substituents is 1. The Morgan fingerprint density at radius 2 is 1.95 bits per heavy atom. The predicted molar refractivity (Wildman–Crippen MR) is 75.5 cm³/mol. The predicted octanol–water partition coefficient (Wildman–Crippen LogP) is 1.14. The number of β-amino-alcohol motifs (C(OH)–C–C–N with tert-alkyl or cyclic N) is 1. The Bertz CT molecular complexity index is 643. The van der Waals surface area contributed by atoms with Gasteiger partial charge in [-0.15, -0.1) is 10.2 Å². The fourth-order valence-corrected chi connectivity index (χ4v) is 2.54. The number of nitro benzene ring substituents is 1. The van der Waals surface area contributed by atoms with Crippen LogP contribution in [0.4, 0.5) is 11.4 Å². The number of rotatable bonds is 3. The van der Waals surface area contributed by atoms with E-state index in [4.69, 9.17) is 0 Å².